The third-order valence-corrected chi connectivity index (χ3v) is 3.83. The van der Waals surface area contributed by atoms with Gasteiger partial charge in [0.1, 0.15) is 5.82 Å². The maximum absolute atomic E-state index is 13.3. The summed E-state index contributed by atoms with van der Waals surface area (Å²) in [6.45, 7) is 0. The summed E-state index contributed by atoms with van der Waals surface area (Å²) in [6.07, 6.45) is 1.35. The van der Waals surface area contributed by atoms with Crippen molar-refractivity contribution in [3.05, 3.63) is 59.8 Å². The molecular formula is C16H9FN2O2. The van der Waals surface area contributed by atoms with E-state index in [4.69, 9.17) is 4.42 Å². The van der Waals surface area contributed by atoms with Gasteiger partial charge in [-0.05, 0) is 29.8 Å². The van der Waals surface area contributed by atoms with Gasteiger partial charge in [-0.15, -0.1) is 0 Å². The number of hydrogen-bond acceptors (Lipinski definition) is 4. The summed E-state index contributed by atoms with van der Waals surface area (Å²) in [5.74, 6) is -2.24. The molecule has 0 radical (unpaired) electrons. The van der Waals surface area contributed by atoms with E-state index in [1.54, 1.807) is 12.1 Å². The molecule has 1 saturated carbocycles. The summed E-state index contributed by atoms with van der Waals surface area (Å²) < 4.78 is 18.4. The van der Waals surface area contributed by atoms with Crippen LogP contribution in [0.15, 0.2) is 47.1 Å². The maximum Gasteiger partial charge on any atom is 0.204 e. The van der Waals surface area contributed by atoms with Gasteiger partial charge >= 0.3 is 0 Å². The highest BCUT2D eigenvalue weighted by Crippen LogP contribution is 2.65. The first-order valence-corrected chi connectivity index (χ1v) is 6.29. The number of rotatable bonds is 3. The number of nitrogens with zero attached hydrogens (tertiary/aromatic N) is 2. The molecular weight excluding hydrogens is 271 g/mol. The van der Waals surface area contributed by atoms with E-state index in [-0.39, 0.29) is 5.76 Å². The van der Waals surface area contributed by atoms with Crippen LogP contribution in [0.3, 0.4) is 0 Å². The molecule has 21 heavy (non-hydrogen) atoms. The van der Waals surface area contributed by atoms with Crippen molar-refractivity contribution in [2.75, 3.05) is 0 Å². The Morgan fingerprint density at radius 3 is 2.57 bits per heavy atom. The lowest BCUT2D eigenvalue weighted by Gasteiger charge is -1.99. The van der Waals surface area contributed by atoms with E-state index in [2.05, 4.69) is 0 Å². The van der Waals surface area contributed by atoms with Gasteiger partial charge in [0.05, 0.1) is 24.3 Å². The molecule has 1 heterocycles. The van der Waals surface area contributed by atoms with Crippen LogP contribution in [0.4, 0.5) is 4.39 Å². The van der Waals surface area contributed by atoms with Crippen LogP contribution in [0.1, 0.15) is 22.0 Å². The minimum absolute atomic E-state index is 0.105. The zero-order valence-corrected chi connectivity index (χ0v) is 10.8. The lowest BCUT2D eigenvalue weighted by Crippen LogP contribution is -2.07. The Kier molecular flexibility index (Phi) is 2.85. The fourth-order valence-electron chi connectivity index (χ4n) is 2.78. The number of carbonyl (C=O) groups excluding carboxylic acids is 1. The molecule has 3 rings (SSSR count). The standard InChI is InChI=1S/C16H9FN2O2/c17-11-4-1-3-10(7-11)13-14(16(13,8-18)9-19)15(20)12-5-2-6-21-12/h1-7,13-14H/t13-,14+/m0/s1. The molecule has 1 fully saturated rings. The lowest BCUT2D eigenvalue weighted by molar-refractivity contribution is 0.0930. The van der Waals surface area contributed by atoms with Crippen molar-refractivity contribution in [1.82, 2.24) is 0 Å². The van der Waals surface area contributed by atoms with Crippen molar-refractivity contribution in [2.45, 2.75) is 5.92 Å². The van der Waals surface area contributed by atoms with Gasteiger partial charge in [-0.25, -0.2) is 4.39 Å². The molecule has 4 nitrogen and oxygen atoms in total. The maximum atomic E-state index is 13.3. The van der Waals surface area contributed by atoms with Gasteiger partial charge in [0, 0.05) is 5.92 Å². The Morgan fingerprint density at radius 1 is 1.24 bits per heavy atom. The molecule has 0 spiro atoms. The van der Waals surface area contributed by atoms with Crippen molar-refractivity contribution >= 4 is 5.78 Å². The molecule has 5 heteroatoms. The zero-order valence-electron chi connectivity index (χ0n) is 10.8. The predicted molar refractivity (Wildman–Crippen MR) is 69.3 cm³/mol. The first kappa shape index (κ1) is 13.1. The van der Waals surface area contributed by atoms with E-state index in [1.807, 2.05) is 12.1 Å². The second-order valence-corrected chi connectivity index (χ2v) is 4.94. The Labute approximate surface area is 120 Å². The van der Waals surface area contributed by atoms with Gasteiger partial charge in [0.15, 0.2) is 11.2 Å². The molecule has 102 valence electrons. The van der Waals surface area contributed by atoms with E-state index in [9.17, 15) is 19.7 Å². The first-order valence-electron chi connectivity index (χ1n) is 6.29. The number of nitriles is 2. The highest BCUT2D eigenvalue weighted by Gasteiger charge is 2.71. The van der Waals surface area contributed by atoms with E-state index >= 15 is 0 Å². The summed E-state index contributed by atoms with van der Waals surface area (Å²) in [4.78, 5) is 12.4. The summed E-state index contributed by atoms with van der Waals surface area (Å²) >= 11 is 0. The number of halogens is 1. The van der Waals surface area contributed by atoms with Crippen LogP contribution in [0.2, 0.25) is 0 Å². The average molecular weight is 280 g/mol. The molecule has 0 N–H and O–H groups in total. The molecule has 1 aromatic carbocycles. The fourth-order valence-corrected chi connectivity index (χ4v) is 2.78. The van der Waals surface area contributed by atoms with Crippen LogP contribution in [0.5, 0.6) is 0 Å². The Balaban J connectivity index is 2.02. The van der Waals surface area contributed by atoms with Crippen LogP contribution in [0, 0.1) is 39.8 Å². The second-order valence-electron chi connectivity index (χ2n) is 4.94. The van der Waals surface area contributed by atoms with Crippen LogP contribution < -0.4 is 0 Å². The molecule has 0 saturated heterocycles. The van der Waals surface area contributed by atoms with E-state index in [1.165, 1.54) is 30.5 Å². The Morgan fingerprint density at radius 2 is 2.00 bits per heavy atom. The Bertz CT molecular complexity index is 769. The number of ketones is 1. The lowest BCUT2D eigenvalue weighted by atomic mass is 10.0. The van der Waals surface area contributed by atoms with Gasteiger partial charge < -0.3 is 4.42 Å². The molecule has 1 aliphatic carbocycles. The highest BCUT2D eigenvalue weighted by atomic mass is 19.1. The molecule has 1 aliphatic rings. The summed E-state index contributed by atoms with van der Waals surface area (Å²) in [7, 11) is 0. The number of carbonyl (C=O) groups is 1. The Hall–Kier alpha value is -2.92. The smallest absolute Gasteiger partial charge is 0.204 e. The number of Topliss-reactive ketones (excluding diaryl/α,β-unsaturated/α-hetero) is 1. The second kappa shape index (κ2) is 4.57. The fraction of sp³-hybridized carbons (Fsp3) is 0.188. The van der Waals surface area contributed by atoms with Gasteiger partial charge in [-0.3, -0.25) is 4.79 Å². The summed E-state index contributed by atoms with van der Waals surface area (Å²) in [6, 6.07) is 12.5. The van der Waals surface area contributed by atoms with E-state index in [0.29, 0.717) is 5.56 Å². The van der Waals surface area contributed by atoms with Gasteiger partial charge in [0.2, 0.25) is 5.78 Å². The van der Waals surface area contributed by atoms with Gasteiger partial charge in [0.25, 0.3) is 0 Å². The van der Waals surface area contributed by atoms with Crippen molar-refractivity contribution < 1.29 is 13.6 Å². The minimum atomic E-state index is -1.46. The van der Waals surface area contributed by atoms with Gasteiger partial charge in [-0.2, -0.15) is 10.5 Å². The zero-order chi connectivity index (χ0) is 15.0. The molecule has 2 atom stereocenters. The largest absolute Gasteiger partial charge is 0.461 e. The third kappa shape index (κ3) is 1.83. The molecule has 0 aliphatic heterocycles. The molecule has 2 aromatic rings. The normalized spacial score (nSPS) is 22.0. The quantitative estimate of drug-likeness (QED) is 0.809. The molecule has 0 bridgehead atoms. The van der Waals surface area contributed by atoms with Crippen LogP contribution in [-0.2, 0) is 0 Å². The predicted octanol–water partition coefficient (Wildman–Crippen LogP) is 3.05. The molecule has 0 amide bonds. The van der Waals surface area contributed by atoms with Crippen LogP contribution in [-0.4, -0.2) is 5.78 Å². The van der Waals surface area contributed by atoms with E-state index < -0.39 is 28.9 Å². The first-order chi connectivity index (χ1) is 10.1. The number of hydrogen-bond donors (Lipinski definition) is 0. The van der Waals surface area contributed by atoms with E-state index in [0.717, 1.165) is 0 Å². The number of benzene rings is 1. The molecule has 1 aromatic heterocycles. The van der Waals surface area contributed by atoms with Crippen molar-refractivity contribution in [1.29, 1.82) is 10.5 Å². The van der Waals surface area contributed by atoms with Crippen molar-refractivity contribution in [2.24, 2.45) is 11.3 Å². The summed E-state index contributed by atoms with van der Waals surface area (Å²) in [5.41, 5.74) is -0.986. The number of furan rings is 1. The monoisotopic (exact) mass is 280 g/mol. The summed E-state index contributed by atoms with van der Waals surface area (Å²) in [5, 5.41) is 18.7. The highest BCUT2D eigenvalue weighted by molar-refractivity contribution is 6.00. The topological polar surface area (TPSA) is 77.8 Å². The van der Waals surface area contributed by atoms with Crippen molar-refractivity contribution in [3.8, 4) is 12.1 Å². The minimum Gasteiger partial charge on any atom is -0.461 e. The van der Waals surface area contributed by atoms with Gasteiger partial charge in [-0.1, -0.05) is 12.1 Å². The van der Waals surface area contributed by atoms with Crippen molar-refractivity contribution in [3.63, 3.8) is 0 Å². The molecule has 0 unspecified atom stereocenters. The SMILES string of the molecule is N#CC1(C#N)[C@@H](C(=O)c2ccco2)[C@@H]1c1cccc(F)c1. The van der Waals surface area contributed by atoms with Crippen LogP contribution in [0.25, 0.3) is 0 Å². The van der Waals surface area contributed by atoms with Crippen LogP contribution >= 0.6 is 0 Å². The third-order valence-electron chi connectivity index (χ3n) is 3.83. The average Bonchev–Trinajstić information content (AvgIpc) is 2.86.